The quantitative estimate of drug-likeness (QED) is 0.634. The molecule has 7 heteroatoms. The molecule has 1 aliphatic rings. The van der Waals surface area contributed by atoms with E-state index in [4.69, 9.17) is 0 Å². The fraction of sp³-hybridized carbons (Fsp3) is 0.526. The van der Waals surface area contributed by atoms with E-state index in [1.807, 2.05) is 0 Å². The van der Waals surface area contributed by atoms with E-state index in [9.17, 15) is 10.1 Å². The van der Waals surface area contributed by atoms with Crippen molar-refractivity contribution in [1.29, 1.82) is 0 Å². The third kappa shape index (κ3) is 3.88. The Morgan fingerprint density at radius 3 is 2.54 bits per heavy atom. The Hall–Kier alpha value is -2.41. The first-order valence-electron chi connectivity index (χ1n) is 9.30. The summed E-state index contributed by atoms with van der Waals surface area (Å²) in [6.07, 6.45) is 3.83. The number of para-hydroxylation sites is 1. The lowest BCUT2D eigenvalue weighted by Gasteiger charge is -2.31. The molecule has 26 heavy (non-hydrogen) atoms. The van der Waals surface area contributed by atoms with E-state index in [0.717, 1.165) is 19.6 Å². The van der Waals surface area contributed by atoms with Crippen LogP contribution in [0.15, 0.2) is 24.3 Å². The van der Waals surface area contributed by atoms with Gasteiger partial charge < -0.3 is 9.80 Å². The molecule has 1 N–H and O–H groups in total. The molecule has 2 heterocycles. The van der Waals surface area contributed by atoms with Crippen molar-refractivity contribution in [3.05, 3.63) is 51.3 Å². The van der Waals surface area contributed by atoms with Crippen LogP contribution in [0.4, 0.5) is 11.4 Å². The Labute approximate surface area is 154 Å². The highest BCUT2D eigenvalue weighted by Gasteiger charge is 2.23. The van der Waals surface area contributed by atoms with Crippen LogP contribution in [0.5, 0.6) is 0 Å². The zero-order chi connectivity index (χ0) is 18.7. The van der Waals surface area contributed by atoms with Crippen molar-refractivity contribution in [1.82, 2.24) is 9.78 Å². The van der Waals surface area contributed by atoms with Gasteiger partial charge in [0.1, 0.15) is 17.9 Å². The first-order chi connectivity index (χ1) is 12.5. The predicted octanol–water partition coefficient (Wildman–Crippen LogP) is 2.07. The van der Waals surface area contributed by atoms with E-state index in [1.54, 1.807) is 18.5 Å². The molecule has 1 aromatic heterocycles. The fourth-order valence-electron chi connectivity index (χ4n) is 3.85. The molecular formula is C19H28N5O2+. The Morgan fingerprint density at radius 1 is 1.19 bits per heavy atom. The second-order valence-corrected chi connectivity index (χ2v) is 7.24. The second-order valence-electron chi connectivity index (χ2n) is 7.24. The number of hydrogen-bond acceptors (Lipinski definition) is 4. The van der Waals surface area contributed by atoms with Gasteiger partial charge in [0.15, 0.2) is 6.67 Å². The number of nitro groups is 1. The summed E-state index contributed by atoms with van der Waals surface area (Å²) in [5.41, 5.74) is 3.88. The molecule has 0 saturated carbocycles. The fourth-order valence-corrected chi connectivity index (χ4v) is 3.85. The van der Waals surface area contributed by atoms with Gasteiger partial charge in [-0.15, -0.1) is 0 Å². The number of rotatable bonds is 6. The Bertz CT molecular complexity index is 780. The van der Waals surface area contributed by atoms with Crippen molar-refractivity contribution >= 4 is 11.4 Å². The van der Waals surface area contributed by atoms with Crippen molar-refractivity contribution < 1.29 is 9.82 Å². The highest BCUT2D eigenvalue weighted by Crippen LogP contribution is 2.24. The summed E-state index contributed by atoms with van der Waals surface area (Å²) in [6, 6.07) is 8.59. The standard InChI is InChI=1S/C19H27N5O2/c1-15-19(24(25)26)16(2)23(20-15)14-21(3)13-17-9-5-6-10-18(17)22-11-7-4-8-12-22/h5-6,9-10H,4,7-8,11-14H2,1-3H3/p+1. The van der Waals surface area contributed by atoms with Gasteiger partial charge >= 0.3 is 5.69 Å². The van der Waals surface area contributed by atoms with Gasteiger partial charge in [-0.1, -0.05) is 18.2 Å². The monoisotopic (exact) mass is 358 g/mol. The highest BCUT2D eigenvalue weighted by atomic mass is 16.6. The van der Waals surface area contributed by atoms with Gasteiger partial charge in [-0.05, 0) is 39.2 Å². The van der Waals surface area contributed by atoms with Crippen LogP contribution < -0.4 is 9.80 Å². The van der Waals surface area contributed by atoms with E-state index < -0.39 is 0 Å². The lowest BCUT2D eigenvalue weighted by atomic mass is 10.1. The lowest BCUT2D eigenvalue weighted by molar-refractivity contribution is -0.917. The third-order valence-corrected chi connectivity index (χ3v) is 5.13. The van der Waals surface area contributed by atoms with Crippen LogP contribution in [0.3, 0.4) is 0 Å². The lowest BCUT2D eigenvalue weighted by Crippen LogP contribution is -3.07. The number of nitrogens with zero attached hydrogens (tertiary/aromatic N) is 4. The number of benzene rings is 1. The first kappa shape index (κ1) is 18.4. The molecule has 2 aromatic rings. The maximum Gasteiger partial charge on any atom is 0.312 e. The average molecular weight is 358 g/mol. The first-order valence-corrected chi connectivity index (χ1v) is 9.30. The predicted molar refractivity (Wildman–Crippen MR) is 101 cm³/mol. The normalized spacial score (nSPS) is 15.9. The zero-order valence-corrected chi connectivity index (χ0v) is 15.9. The summed E-state index contributed by atoms with van der Waals surface area (Å²) in [6.45, 7) is 7.18. The SMILES string of the molecule is Cc1nn(C[NH+](C)Cc2ccccc2N2CCCCC2)c(C)c1[N+](=O)[O-]. The van der Waals surface area contributed by atoms with Gasteiger partial charge in [0.2, 0.25) is 0 Å². The molecular weight excluding hydrogens is 330 g/mol. The maximum atomic E-state index is 11.2. The zero-order valence-electron chi connectivity index (χ0n) is 15.9. The molecule has 140 valence electrons. The Kier molecular flexibility index (Phi) is 5.56. The third-order valence-electron chi connectivity index (χ3n) is 5.13. The Balaban J connectivity index is 1.74. The molecule has 3 rings (SSSR count). The van der Waals surface area contributed by atoms with Crippen molar-refractivity contribution in [2.24, 2.45) is 0 Å². The van der Waals surface area contributed by atoms with Crippen LogP contribution in [0.1, 0.15) is 36.2 Å². The van der Waals surface area contributed by atoms with Gasteiger partial charge in [0, 0.05) is 24.3 Å². The summed E-state index contributed by atoms with van der Waals surface area (Å²) in [7, 11) is 2.11. The van der Waals surface area contributed by atoms with Crippen molar-refractivity contribution in [3.8, 4) is 0 Å². The number of piperidine rings is 1. The minimum absolute atomic E-state index is 0.131. The molecule has 1 aromatic carbocycles. The molecule has 1 fully saturated rings. The average Bonchev–Trinajstić information content (AvgIpc) is 2.89. The number of aryl methyl sites for hydroxylation is 1. The van der Waals surface area contributed by atoms with E-state index in [2.05, 4.69) is 41.3 Å². The molecule has 7 nitrogen and oxygen atoms in total. The minimum atomic E-state index is -0.338. The highest BCUT2D eigenvalue weighted by molar-refractivity contribution is 5.53. The molecule has 1 atom stereocenters. The van der Waals surface area contributed by atoms with Crippen LogP contribution in [0.2, 0.25) is 0 Å². The number of quaternary nitrogens is 1. The molecule has 0 bridgehead atoms. The summed E-state index contributed by atoms with van der Waals surface area (Å²) in [4.78, 5) is 14.6. The van der Waals surface area contributed by atoms with Gasteiger partial charge in [0.05, 0.1) is 12.0 Å². The van der Waals surface area contributed by atoms with Crippen molar-refractivity contribution in [3.63, 3.8) is 0 Å². The van der Waals surface area contributed by atoms with Crippen molar-refractivity contribution in [2.75, 3.05) is 25.0 Å². The molecule has 1 saturated heterocycles. The number of anilines is 1. The second kappa shape index (κ2) is 7.86. The van der Waals surface area contributed by atoms with Gasteiger partial charge in [-0.2, -0.15) is 5.10 Å². The van der Waals surface area contributed by atoms with Crippen molar-refractivity contribution in [2.45, 2.75) is 46.3 Å². The molecule has 1 aliphatic heterocycles. The molecule has 0 spiro atoms. The van der Waals surface area contributed by atoms with Crippen LogP contribution >= 0.6 is 0 Å². The number of aromatic nitrogens is 2. The number of hydrogen-bond donors (Lipinski definition) is 1. The van der Waals surface area contributed by atoms with E-state index in [1.165, 1.54) is 35.4 Å². The topological polar surface area (TPSA) is 68.6 Å². The summed E-state index contributed by atoms with van der Waals surface area (Å²) in [5.74, 6) is 0. The minimum Gasteiger partial charge on any atom is -0.371 e. The summed E-state index contributed by atoms with van der Waals surface area (Å²) < 4.78 is 1.76. The Morgan fingerprint density at radius 2 is 1.88 bits per heavy atom. The van der Waals surface area contributed by atoms with Gasteiger partial charge in [-0.25, -0.2) is 4.68 Å². The van der Waals surface area contributed by atoms with Crippen LogP contribution in [0.25, 0.3) is 0 Å². The van der Waals surface area contributed by atoms with E-state index in [-0.39, 0.29) is 10.6 Å². The summed E-state index contributed by atoms with van der Waals surface area (Å²) in [5, 5.41) is 15.6. The largest absolute Gasteiger partial charge is 0.371 e. The molecule has 0 amide bonds. The van der Waals surface area contributed by atoms with E-state index >= 15 is 0 Å². The van der Waals surface area contributed by atoms with E-state index in [0.29, 0.717) is 18.1 Å². The number of nitrogens with one attached hydrogen (secondary N) is 1. The molecule has 0 aliphatic carbocycles. The van der Waals surface area contributed by atoms with Crippen LogP contribution in [-0.2, 0) is 13.2 Å². The molecule has 1 unspecified atom stereocenters. The van der Waals surface area contributed by atoms with Crippen LogP contribution in [-0.4, -0.2) is 34.8 Å². The molecule has 0 radical (unpaired) electrons. The van der Waals surface area contributed by atoms with Gasteiger partial charge in [-0.3, -0.25) is 10.1 Å². The summed E-state index contributed by atoms with van der Waals surface area (Å²) >= 11 is 0. The maximum absolute atomic E-state index is 11.2. The van der Waals surface area contributed by atoms with Crippen LogP contribution in [0, 0.1) is 24.0 Å². The smallest absolute Gasteiger partial charge is 0.312 e. The van der Waals surface area contributed by atoms with Gasteiger partial charge in [0.25, 0.3) is 0 Å².